The molecule has 0 aliphatic carbocycles. The molecule has 0 aromatic heterocycles. The van der Waals surface area contributed by atoms with E-state index in [4.69, 9.17) is 21.1 Å². The summed E-state index contributed by atoms with van der Waals surface area (Å²) in [5.41, 5.74) is 2.92. The van der Waals surface area contributed by atoms with Gasteiger partial charge in [-0.05, 0) is 36.8 Å². The van der Waals surface area contributed by atoms with E-state index in [0.717, 1.165) is 11.3 Å². The van der Waals surface area contributed by atoms with E-state index in [0.29, 0.717) is 28.3 Å². The number of hydrogen-bond acceptors (Lipinski definition) is 3. The van der Waals surface area contributed by atoms with Crippen LogP contribution in [0, 0.1) is 0 Å². The Morgan fingerprint density at radius 2 is 2.00 bits per heavy atom. The van der Waals surface area contributed by atoms with Crippen molar-refractivity contribution in [3.05, 3.63) is 52.5 Å². The molecule has 23 heavy (non-hydrogen) atoms. The largest absolute Gasteiger partial charge is 0.466 e. The maximum Gasteiger partial charge on any atom is 0.310 e. The smallest absolute Gasteiger partial charge is 0.310 e. The Morgan fingerprint density at radius 3 is 2.70 bits per heavy atom. The summed E-state index contributed by atoms with van der Waals surface area (Å²) < 4.78 is 10.9. The zero-order chi connectivity index (χ0) is 16.8. The number of carbonyl (C=O) groups is 1. The van der Waals surface area contributed by atoms with Crippen molar-refractivity contribution in [3.63, 3.8) is 0 Å². The van der Waals surface area contributed by atoms with Gasteiger partial charge in [0.25, 0.3) is 0 Å². The summed E-state index contributed by atoms with van der Waals surface area (Å²) in [4.78, 5) is 11.6. The van der Waals surface area contributed by atoms with Gasteiger partial charge >= 0.3 is 5.97 Å². The first kappa shape index (κ1) is 17.9. The molecular formula is C17H17BBrClO3. The summed E-state index contributed by atoms with van der Waals surface area (Å²) in [6.45, 7) is 2.13. The Hall–Kier alpha value is -1.46. The number of esters is 1. The van der Waals surface area contributed by atoms with E-state index in [2.05, 4.69) is 22.0 Å². The Kier molecular flexibility index (Phi) is 6.54. The second-order valence-corrected chi connectivity index (χ2v) is 6.05. The SMILES string of the molecule is Bc1ccc(Oc2ccc(Cl)c(CC(=O)OCC)c2)c(CBr)c1. The summed E-state index contributed by atoms with van der Waals surface area (Å²) in [7, 11) is 2.04. The maximum absolute atomic E-state index is 11.6. The van der Waals surface area contributed by atoms with Crippen LogP contribution in [-0.2, 0) is 21.3 Å². The van der Waals surface area contributed by atoms with Crippen LogP contribution in [-0.4, -0.2) is 20.4 Å². The Balaban J connectivity index is 2.22. The fourth-order valence-electron chi connectivity index (χ4n) is 2.16. The Bertz CT molecular complexity index is 706. The lowest BCUT2D eigenvalue weighted by molar-refractivity contribution is -0.142. The van der Waals surface area contributed by atoms with Crippen LogP contribution >= 0.6 is 27.5 Å². The average Bonchev–Trinajstić information content (AvgIpc) is 2.52. The third kappa shape index (κ3) is 5.01. The van der Waals surface area contributed by atoms with Crippen LogP contribution in [0.15, 0.2) is 36.4 Å². The van der Waals surface area contributed by atoms with Crippen LogP contribution in [0.5, 0.6) is 11.5 Å². The van der Waals surface area contributed by atoms with Crippen molar-refractivity contribution in [2.24, 2.45) is 0 Å². The number of alkyl halides is 1. The zero-order valence-electron chi connectivity index (χ0n) is 13.1. The quantitative estimate of drug-likeness (QED) is 0.427. The van der Waals surface area contributed by atoms with Gasteiger partial charge in [0.15, 0.2) is 0 Å². The van der Waals surface area contributed by atoms with Crippen LogP contribution in [0.3, 0.4) is 0 Å². The lowest BCUT2D eigenvalue weighted by atomic mass is 9.94. The van der Waals surface area contributed by atoms with Gasteiger partial charge in [0.1, 0.15) is 19.3 Å². The van der Waals surface area contributed by atoms with Crippen LogP contribution < -0.4 is 10.2 Å². The van der Waals surface area contributed by atoms with E-state index in [1.807, 2.05) is 20.0 Å². The fraction of sp³-hybridized carbons (Fsp3) is 0.235. The van der Waals surface area contributed by atoms with E-state index in [-0.39, 0.29) is 12.4 Å². The Labute approximate surface area is 150 Å². The van der Waals surface area contributed by atoms with Gasteiger partial charge in [-0.15, -0.1) is 0 Å². The molecule has 0 saturated heterocycles. The predicted molar refractivity (Wildman–Crippen MR) is 99.1 cm³/mol. The highest BCUT2D eigenvalue weighted by molar-refractivity contribution is 9.08. The van der Waals surface area contributed by atoms with E-state index in [9.17, 15) is 4.79 Å². The summed E-state index contributed by atoms with van der Waals surface area (Å²) in [6.07, 6.45) is 0.128. The molecular weight excluding hydrogens is 378 g/mol. The van der Waals surface area contributed by atoms with E-state index in [1.165, 1.54) is 5.46 Å². The van der Waals surface area contributed by atoms with Gasteiger partial charge in [-0.2, -0.15) is 0 Å². The van der Waals surface area contributed by atoms with E-state index < -0.39 is 0 Å². The predicted octanol–water partition coefficient (Wildman–Crippen LogP) is 3.39. The van der Waals surface area contributed by atoms with Crippen LogP contribution in [0.4, 0.5) is 0 Å². The molecule has 0 heterocycles. The van der Waals surface area contributed by atoms with Crippen LogP contribution in [0.2, 0.25) is 5.02 Å². The molecule has 0 saturated carbocycles. The fourth-order valence-corrected chi connectivity index (χ4v) is 2.78. The molecule has 0 fully saturated rings. The van der Waals surface area contributed by atoms with Gasteiger partial charge in [0, 0.05) is 15.9 Å². The number of benzene rings is 2. The molecule has 0 bridgehead atoms. The molecule has 0 aliphatic heterocycles. The third-order valence-electron chi connectivity index (χ3n) is 3.25. The highest BCUT2D eigenvalue weighted by atomic mass is 79.9. The van der Waals surface area contributed by atoms with Crippen molar-refractivity contribution in [2.45, 2.75) is 18.7 Å². The van der Waals surface area contributed by atoms with Gasteiger partial charge in [-0.1, -0.05) is 45.1 Å². The first-order valence-electron chi connectivity index (χ1n) is 7.31. The van der Waals surface area contributed by atoms with E-state index >= 15 is 0 Å². The molecule has 0 spiro atoms. The van der Waals surface area contributed by atoms with Crippen molar-refractivity contribution in [3.8, 4) is 11.5 Å². The molecule has 0 radical (unpaired) electrons. The minimum Gasteiger partial charge on any atom is -0.466 e. The molecule has 0 amide bonds. The summed E-state index contributed by atoms with van der Waals surface area (Å²) in [5.74, 6) is 1.11. The standard InChI is InChI=1S/C17H17BBrClO3/c1-2-22-17(21)9-11-8-14(4-5-15(11)20)23-16-6-3-13(18)7-12(16)10-19/h3-8H,2,9-10,18H2,1H3. The minimum atomic E-state index is -0.303. The molecule has 0 N–H and O–H groups in total. The third-order valence-corrected chi connectivity index (χ3v) is 4.22. The molecule has 2 rings (SSSR count). The van der Waals surface area contributed by atoms with E-state index in [1.54, 1.807) is 25.1 Å². The normalized spacial score (nSPS) is 10.4. The van der Waals surface area contributed by atoms with Gasteiger partial charge < -0.3 is 9.47 Å². The molecule has 2 aromatic carbocycles. The van der Waals surface area contributed by atoms with Gasteiger partial charge in [0.2, 0.25) is 0 Å². The molecule has 120 valence electrons. The molecule has 0 atom stereocenters. The van der Waals surface area contributed by atoms with Crippen molar-refractivity contribution < 1.29 is 14.3 Å². The molecule has 0 aliphatic rings. The van der Waals surface area contributed by atoms with Crippen LogP contribution in [0.1, 0.15) is 18.1 Å². The monoisotopic (exact) mass is 394 g/mol. The average molecular weight is 395 g/mol. The number of hydrogen-bond donors (Lipinski definition) is 0. The Morgan fingerprint density at radius 1 is 1.22 bits per heavy atom. The molecule has 3 nitrogen and oxygen atoms in total. The number of ether oxygens (including phenoxy) is 2. The van der Waals surface area contributed by atoms with Crippen molar-refractivity contribution >= 4 is 46.8 Å². The number of halogens is 2. The minimum absolute atomic E-state index is 0.128. The summed E-state index contributed by atoms with van der Waals surface area (Å²) in [6, 6.07) is 11.3. The lowest BCUT2D eigenvalue weighted by Gasteiger charge is -2.12. The van der Waals surface area contributed by atoms with Crippen molar-refractivity contribution in [1.82, 2.24) is 0 Å². The number of carbonyl (C=O) groups excluding carboxylic acids is 1. The highest BCUT2D eigenvalue weighted by Crippen LogP contribution is 2.29. The first-order valence-corrected chi connectivity index (χ1v) is 8.80. The maximum atomic E-state index is 11.6. The van der Waals surface area contributed by atoms with Gasteiger partial charge in [0.05, 0.1) is 13.0 Å². The lowest BCUT2D eigenvalue weighted by Crippen LogP contribution is -2.08. The zero-order valence-corrected chi connectivity index (χ0v) is 15.4. The van der Waals surface area contributed by atoms with Gasteiger partial charge in [-0.25, -0.2) is 0 Å². The topological polar surface area (TPSA) is 35.5 Å². The number of rotatable bonds is 6. The van der Waals surface area contributed by atoms with Gasteiger partial charge in [-0.3, -0.25) is 4.79 Å². The second-order valence-electron chi connectivity index (χ2n) is 5.08. The molecule has 0 unspecified atom stereocenters. The summed E-state index contributed by atoms with van der Waals surface area (Å²) in [5, 5.41) is 1.22. The van der Waals surface area contributed by atoms with Crippen molar-refractivity contribution in [1.29, 1.82) is 0 Å². The second kappa shape index (κ2) is 8.41. The van der Waals surface area contributed by atoms with Crippen LogP contribution in [0.25, 0.3) is 0 Å². The summed E-state index contributed by atoms with van der Waals surface area (Å²) >= 11 is 9.62. The molecule has 6 heteroatoms. The highest BCUT2D eigenvalue weighted by Gasteiger charge is 2.11. The van der Waals surface area contributed by atoms with Crippen molar-refractivity contribution in [2.75, 3.05) is 6.61 Å². The first-order chi connectivity index (χ1) is 11.0. The molecule has 2 aromatic rings.